The second-order valence-corrected chi connectivity index (χ2v) is 4.45. The molecule has 0 aliphatic rings. The summed E-state index contributed by atoms with van der Waals surface area (Å²) in [5, 5.41) is 12.6. The van der Waals surface area contributed by atoms with Crippen LogP contribution in [0.4, 0.5) is 0 Å². The number of aryl methyl sites for hydroxylation is 1. The molecule has 0 bridgehead atoms. The van der Waals surface area contributed by atoms with Crippen molar-refractivity contribution in [2.24, 2.45) is 0 Å². The van der Waals surface area contributed by atoms with Gasteiger partial charge in [0.2, 0.25) is 0 Å². The van der Waals surface area contributed by atoms with E-state index in [2.05, 4.69) is 15.1 Å². The van der Waals surface area contributed by atoms with Gasteiger partial charge in [-0.3, -0.25) is 9.59 Å². The number of aliphatic carboxylic acids is 1. The van der Waals surface area contributed by atoms with Crippen molar-refractivity contribution in [2.75, 3.05) is 13.6 Å². The van der Waals surface area contributed by atoms with E-state index >= 15 is 0 Å². The van der Waals surface area contributed by atoms with Gasteiger partial charge in [0.05, 0.1) is 11.3 Å². The van der Waals surface area contributed by atoms with E-state index in [1.54, 1.807) is 14.0 Å². The lowest BCUT2D eigenvalue weighted by Gasteiger charge is -2.17. The highest BCUT2D eigenvalue weighted by molar-refractivity contribution is 5.95. The Bertz CT molecular complexity index is 652. The van der Waals surface area contributed by atoms with E-state index in [0.29, 0.717) is 30.0 Å². The molecule has 2 aromatic rings. The smallest absolute Gasteiger partial charge is 0.303 e. The Kier molecular flexibility index (Phi) is 3.92. The molecule has 0 saturated heterocycles. The van der Waals surface area contributed by atoms with Crippen LogP contribution in [-0.2, 0) is 4.79 Å². The Labute approximate surface area is 115 Å². The van der Waals surface area contributed by atoms with Crippen LogP contribution in [0.2, 0.25) is 0 Å². The lowest BCUT2D eigenvalue weighted by molar-refractivity contribution is -0.137. The summed E-state index contributed by atoms with van der Waals surface area (Å²) in [6.07, 6.45) is 3.29. The Balaban J connectivity index is 2.14. The van der Waals surface area contributed by atoms with E-state index in [1.807, 2.05) is 0 Å². The first-order valence-corrected chi connectivity index (χ1v) is 6.13. The number of hydrogen-bond donors (Lipinski definition) is 1. The molecule has 106 valence electrons. The number of carboxylic acid groups (broad SMARTS) is 1. The van der Waals surface area contributed by atoms with Crippen molar-refractivity contribution in [3.8, 4) is 0 Å². The highest BCUT2D eigenvalue weighted by Crippen LogP contribution is 2.10. The van der Waals surface area contributed by atoms with E-state index in [9.17, 15) is 9.59 Å². The monoisotopic (exact) mass is 277 g/mol. The van der Waals surface area contributed by atoms with Crippen molar-refractivity contribution in [3.05, 3.63) is 23.8 Å². The Hall–Kier alpha value is -2.51. The normalized spacial score (nSPS) is 10.7. The van der Waals surface area contributed by atoms with Gasteiger partial charge in [-0.15, -0.1) is 0 Å². The summed E-state index contributed by atoms with van der Waals surface area (Å²) in [5.41, 5.74) is 1.09. The van der Waals surface area contributed by atoms with Crippen molar-refractivity contribution in [1.29, 1.82) is 0 Å². The van der Waals surface area contributed by atoms with Gasteiger partial charge in [-0.05, 0) is 13.3 Å². The van der Waals surface area contributed by atoms with Crippen LogP contribution < -0.4 is 0 Å². The zero-order valence-corrected chi connectivity index (χ0v) is 11.3. The van der Waals surface area contributed by atoms with Gasteiger partial charge in [0.25, 0.3) is 11.7 Å². The van der Waals surface area contributed by atoms with Crippen LogP contribution in [0, 0.1) is 6.92 Å². The lowest BCUT2D eigenvalue weighted by Crippen LogP contribution is -2.29. The first-order valence-electron chi connectivity index (χ1n) is 6.13. The Morgan fingerprint density at radius 1 is 1.40 bits per heavy atom. The number of rotatable bonds is 5. The number of carbonyl (C=O) groups excluding carboxylic acids is 1. The second-order valence-electron chi connectivity index (χ2n) is 4.45. The molecule has 0 aromatic carbocycles. The molecule has 0 atom stereocenters. The molecule has 1 amide bonds. The van der Waals surface area contributed by atoms with E-state index in [1.165, 1.54) is 21.9 Å². The van der Waals surface area contributed by atoms with Gasteiger partial charge in [-0.1, -0.05) is 0 Å². The zero-order valence-electron chi connectivity index (χ0n) is 11.3. The predicted octanol–water partition coefficient (Wildman–Crippen LogP) is 0.370. The van der Waals surface area contributed by atoms with Crippen LogP contribution in [0.15, 0.2) is 12.5 Å². The first-order chi connectivity index (χ1) is 9.50. The third-order valence-electron chi connectivity index (χ3n) is 3.01. The molecular weight excluding hydrogens is 262 g/mol. The largest absolute Gasteiger partial charge is 0.481 e. The van der Waals surface area contributed by atoms with Gasteiger partial charge in [0.1, 0.15) is 6.33 Å². The average molecular weight is 277 g/mol. The summed E-state index contributed by atoms with van der Waals surface area (Å²) in [4.78, 5) is 32.2. The lowest BCUT2D eigenvalue weighted by atomic mass is 10.2. The van der Waals surface area contributed by atoms with Crippen LogP contribution in [0.25, 0.3) is 5.78 Å². The zero-order chi connectivity index (χ0) is 14.7. The topological polar surface area (TPSA) is 101 Å². The minimum absolute atomic E-state index is 0.0387. The molecule has 20 heavy (non-hydrogen) atoms. The number of carboxylic acids is 1. The molecule has 8 nitrogen and oxygen atoms in total. The number of amides is 1. The van der Waals surface area contributed by atoms with E-state index in [4.69, 9.17) is 5.11 Å². The van der Waals surface area contributed by atoms with E-state index in [-0.39, 0.29) is 12.3 Å². The van der Waals surface area contributed by atoms with Crippen LogP contribution in [0.1, 0.15) is 28.9 Å². The maximum atomic E-state index is 12.3. The molecule has 0 aliphatic carbocycles. The summed E-state index contributed by atoms with van der Waals surface area (Å²) in [7, 11) is 1.63. The molecule has 0 unspecified atom stereocenters. The molecule has 0 saturated carbocycles. The fraction of sp³-hybridized carbons (Fsp3) is 0.417. The minimum Gasteiger partial charge on any atom is -0.481 e. The molecule has 1 N–H and O–H groups in total. The molecule has 2 rings (SSSR count). The van der Waals surface area contributed by atoms with Gasteiger partial charge < -0.3 is 10.0 Å². The highest BCUT2D eigenvalue weighted by Gasteiger charge is 2.17. The van der Waals surface area contributed by atoms with Gasteiger partial charge in [0, 0.05) is 26.2 Å². The molecule has 0 spiro atoms. The third-order valence-corrected chi connectivity index (χ3v) is 3.01. The van der Waals surface area contributed by atoms with Gasteiger partial charge >= 0.3 is 5.97 Å². The van der Waals surface area contributed by atoms with Gasteiger partial charge in [-0.25, -0.2) is 9.50 Å². The summed E-state index contributed by atoms with van der Waals surface area (Å²) in [6.45, 7) is 2.14. The fourth-order valence-corrected chi connectivity index (χ4v) is 1.87. The van der Waals surface area contributed by atoms with Crippen molar-refractivity contribution < 1.29 is 14.7 Å². The summed E-state index contributed by atoms with van der Waals surface area (Å²) in [5.74, 6) is -0.641. The maximum Gasteiger partial charge on any atom is 0.303 e. The average Bonchev–Trinajstić information content (AvgIpc) is 2.87. The molecule has 0 radical (unpaired) electrons. The molecule has 0 fully saturated rings. The summed E-state index contributed by atoms with van der Waals surface area (Å²) < 4.78 is 1.50. The van der Waals surface area contributed by atoms with Crippen molar-refractivity contribution >= 4 is 17.7 Å². The second kappa shape index (κ2) is 5.64. The van der Waals surface area contributed by atoms with Crippen molar-refractivity contribution in [2.45, 2.75) is 19.8 Å². The molecule has 8 heteroatoms. The third kappa shape index (κ3) is 2.73. The summed E-state index contributed by atoms with van der Waals surface area (Å²) in [6, 6.07) is 0. The van der Waals surface area contributed by atoms with Gasteiger partial charge in [-0.2, -0.15) is 10.1 Å². The highest BCUT2D eigenvalue weighted by atomic mass is 16.4. The Morgan fingerprint density at radius 2 is 2.15 bits per heavy atom. The number of carbonyl (C=O) groups is 2. The maximum absolute atomic E-state index is 12.3. The van der Waals surface area contributed by atoms with E-state index < -0.39 is 5.97 Å². The minimum atomic E-state index is -0.868. The first kappa shape index (κ1) is 13.9. The van der Waals surface area contributed by atoms with Crippen LogP contribution in [0.5, 0.6) is 0 Å². The SMILES string of the molecule is Cc1c(C(=O)N(C)CCCC(=O)O)cnc2ncnn12. The Morgan fingerprint density at radius 3 is 2.85 bits per heavy atom. The quantitative estimate of drug-likeness (QED) is 0.847. The van der Waals surface area contributed by atoms with Gasteiger partial charge in [0.15, 0.2) is 0 Å². The number of fused-ring (bicyclic) bond motifs is 1. The van der Waals surface area contributed by atoms with E-state index in [0.717, 1.165) is 0 Å². The predicted molar refractivity (Wildman–Crippen MR) is 69.3 cm³/mol. The fourth-order valence-electron chi connectivity index (χ4n) is 1.87. The van der Waals surface area contributed by atoms with Crippen LogP contribution >= 0.6 is 0 Å². The molecule has 2 heterocycles. The van der Waals surface area contributed by atoms with Crippen LogP contribution in [-0.4, -0.2) is 55.1 Å². The van der Waals surface area contributed by atoms with Crippen molar-refractivity contribution in [1.82, 2.24) is 24.5 Å². The molecular formula is C12H15N5O3. The molecule has 2 aromatic heterocycles. The number of aromatic nitrogens is 4. The standard InChI is InChI=1S/C12H15N5O3/c1-8-9(6-13-12-14-7-15-17(8)12)11(20)16(2)5-3-4-10(18)19/h6-7H,3-5H2,1-2H3,(H,18,19). The number of hydrogen-bond acceptors (Lipinski definition) is 5. The van der Waals surface area contributed by atoms with Crippen molar-refractivity contribution in [3.63, 3.8) is 0 Å². The molecule has 0 aliphatic heterocycles. The number of nitrogens with zero attached hydrogens (tertiary/aromatic N) is 5. The van der Waals surface area contributed by atoms with Crippen LogP contribution in [0.3, 0.4) is 0 Å². The summed E-state index contributed by atoms with van der Waals surface area (Å²) >= 11 is 0.